The Morgan fingerprint density at radius 1 is 0.960 bits per heavy atom. The summed E-state index contributed by atoms with van der Waals surface area (Å²) in [7, 11) is 3.16. The Morgan fingerprint density at radius 3 is 2.36 bits per heavy atom. The van der Waals surface area contributed by atoms with Gasteiger partial charge >= 0.3 is 0 Å². The highest BCUT2D eigenvalue weighted by molar-refractivity contribution is 5.94. The molecule has 3 rings (SSSR count). The standard InChI is InChI=1S/C20H19NO4/c1-23-16-11-10-15(13-18(16)24-2)19(17-9-6-12-25-17)21-20(22)14-7-4-3-5-8-14/h3-13,19H,1-2H3,(H,21,22)/t19-/m0/s1. The molecule has 3 aromatic rings. The summed E-state index contributed by atoms with van der Waals surface area (Å²) < 4.78 is 16.2. The minimum absolute atomic E-state index is 0.184. The summed E-state index contributed by atoms with van der Waals surface area (Å²) in [6.07, 6.45) is 1.58. The van der Waals surface area contributed by atoms with Gasteiger partial charge in [0, 0.05) is 5.56 Å². The Hall–Kier alpha value is -3.21. The van der Waals surface area contributed by atoms with Crippen LogP contribution in [0.4, 0.5) is 0 Å². The lowest BCUT2D eigenvalue weighted by Crippen LogP contribution is -2.29. The van der Waals surface area contributed by atoms with E-state index in [2.05, 4.69) is 5.32 Å². The Bertz CT molecular complexity index is 828. The number of hydrogen-bond donors (Lipinski definition) is 1. The molecule has 1 aromatic heterocycles. The summed E-state index contributed by atoms with van der Waals surface area (Å²) in [6.45, 7) is 0. The third-order valence-electron chi connectivity index (χ3n) is 3.88. The first kappa shape index (κ1) is 16.6. The normalized spacial score (nSPS) is 11.6. The minimum Gasteiger partial charge on any atom is -0.493 e. The third kappa shape index (κ3) is 3.66. The molecule has 1 amide bonds. The van der Waals surface area contributed by atoms with E-state index in [1.807, 2.05) is 36.4 Å². The van der Waals surface area contributed by atoms with E-state index < -0.39 is 6.04 Å². The van der Waals surface area contributed by atoms with E-state index in [1.54, 1.807) is 44.7 Å². The minimum atomic E-state index is -0.442. The van der Waals surface area contributed by atoms with Crippen molar-refractivity contribution in [2.75, 3.05) is 14.2 Å². The second kappa shape index (κ2) is 7.57. The number of amides is 1. The highest BCUT2D eigenvalue weighted by Crippen LogP contribution is 2.32. The summed E-state index contributed by atoms with van der Waals surface area (Å²) >= 11 is 0. The molecule has 0 spiro atoms. The lowest BCUT2D eigenvalue weighted by atomic mass is 10.0. The van der Waals surface area contributed by atoms with Gasteiger partial charge in [-0.05, 0) is 42.0 Å². The zero-order chi connectivity index (χ0) is 17.6. The SMILES string of the molecule is COc1ccc([C@H](NC(=O)c2ccccc2)c2ccco2)cc1OC. The van der Waals surface area contributed by atoms with Crippen molar-refractivity contribution in [1.29, 1.82) is 0 Å². The van der Waals surface area contributed by atoms with Crippen LogP contribution < -0.4 is 14.8 Å². The number of carbonyl (C=O) groups excluding carboxylic acids is 1. The molecule has 1 heterocycles. The Morgan fingerprint density at radius 2 is 1.72 bits per heavy atom. The van der Waals surface area contributed by atoms with Crippen molar-refractivity contribution in [2.45, 2.75) is 6.04 Å². The van der Waals surface area contributed by atoms with Crippen molar-refractivity contribution in [3.63, 3.8) is 0 Å². The van der Waals surface area contributed by atoms with Crippen LogP contribution in [0.15, 0.2) is 71.3 Å². The zero-order valence-electron chi connectivity index (χ0n) is 14.1. The number of carbonyl (C=O) groups is 1. The lowest BCUT2D eigenvalue weighted by molar-refractivity contribution is 0.0939. The molecule has 5 nitrogen and oxygen atoms in total. The number of benzene rings is 2. The second-order valence-electron chi connectivity index (χ2n) is 5.40. The maximum absolute atomic E-state index is 12.6. The topological polar surface area (TPSA) is 60.7 Å². The van der Waals surface area contributed by atoms with Crippen LogP contribution in [0.1, 0.15) is 27.7 Å². The second-order valence-corrected chi connectivity index (χ2v) is 5.40. The van der Waals surface area contributed by atoms with E-state index in [1.165, 1.54) is 0 Å². The van der Waals surface area contributed by atoms with Crippen molar-refractivity contribution in [3.05, 3.63) is 83.8 Å². The first-order valence-corrected chi connectivity index (χ1v) is 7.84. The van der Waals surface area contributed by atoms with Crippen LogP contribution in [0.5, 0.6) is 11.5 Å². The van der Waals surface area contributed by atoms with Crippen molar-refractivity contribution >= 4 is 5.91 Å². The maximum atomic E-state index is 12.6. The van der Waals surface area contributed by atoms with Gasteiger partial charge in [-0.25, -0.2) is 0 Å². The van der Waals surface area contributed by atoms with Crippen molar-refractivity contribution in [1.82, 2.24) is 5.32 Å². The maximum Gasteiger partial charge on any atom is 0.252 e. The van der Waals surface area contributed by atoms with Crippen LogP contribution in [0.2, 0.25) is 0 Å². The molecular weight excluding hydrogens is 318 g/mol. The van der Waals surface area contributed by atoms with E-state index in [-0.39, 0.29) is 5.91 Å². The summed E-state index contributed by atoms with van der Waals surface area (Å²) in [5, 5.41) is 3.01. The monoisotopic (exact) mass is 337 g/mol. The number of rotatable bonds is 6. The van der Waals surface area contributed by atoms with Crippen LogP contribution in [-0.2, 0) is 0 Å². The first-order chi connectivity index (χ1) is 12.2. The highest BCUT2D eigenvalue weighted by Gasteiger charge is 2.21. The molecule has 0 radical (unpaired) electrons. The van der Waals surface area contributed by atoms with Gasteiger partial charge in [-0.3, -0.25) is 4.79 Å². The molecule has 25 heavy (non-hydrogen) atoms. The molecular formula is C20H19NO4. The Kier molecular flexibility index (Phi) is 5.04. The quantitative estimate of drug-likeness (QED) is 0.743. The van der Waals surface area contributed by atoms with E-state index in [4.69, 9.17) is 13.9 Å². The van der Waals surface area contributed by atoms with E-state index in [9.17, 15) is 4.79 Å². The van der Waals surface area contributed by atoms with Gasteiger partial charge in [0.25, 0.3) is 5.91 Å². The largest absolute Gasteiger partial charge is 0.493 e. The molecule has 0 unspecified atom stereocenters. The molecule has 0 bridgehead atoms. The highest BCUT2D eigenvalue weighted by atomic mass is 16.5. The van der Waals surface area contributed by atoms with Crippen molar-refractivity contribution < 1.29 is 18.7 Å². The smallest absolute Gasteiger partial charge is 0.252 e. The first-order valence-electron chi connectivity index (χ1n) is 7.84. The predicted molar refractivity (Wildman–Crippen MR) is 94.0 cm³/mol. The molecule has 1 atom stereocenters. The Balaban J connectivity index is 1.95. The molecule has 0 aliphatic rings. The van der Waals surface area contributed by atoms with Crippen LogP contribution >= 0.6 is 0 Å². The van der Waals surface area contributed by atoms with Crippen molar-refractivity contribution in [3.8, 4) is 11.5 Å². The molecule has 0 saturated carbocycles. The number of hydrogen-bond acceptors (Lipinski definition) is 4. The molecule has 128 valence electrons. The molecule has 2 aromatic carbocycles. The summed E-state index contributed by atoms with van der Waals surface area (Å²) in [6, 6.07) is 17.7. The van der Waals surface area contributed by atoms with Crippen LogP contribution in [0, 0.1) is 0 Å². The number of nitrogens with one attached hydrogen (secondary N) is 1. The number of methoxy groups -OCH3 is 2. The third-order valence-corrected chi connectivity index (χ3v) is 3.88. The lowest BCUT2D eigenvalue weighted by Gasteiger charge is -2.19. The van der Waals surface area contributed by atoms with E-state index >= 15 is 0 Å². The average Bonchev–Trinajstić information content (AvgIpc) is 3.20. The fourth-order valence-electron chi connectivity index (χ4n) is 2.61. The predicted octanol–water partition coefficient (Wildman–Crippen LogP) is 3.82. The molecule has 1 N–H and O–H groups in total. The summed E-state index contributed by atoms with van der Waals surface area (Å²) in [5.74, 6) is 1.66. The molecule has 0 fully saturated rings. The number of furan rings is 1. The number of ether oxygens (including phenoxy) is 2. The summed E-state index contributed by atoms with van der Waals surface area (Å²) in [4.78, 5) is 12.6. The van der Waals surface area contributed by atoms with Gasteiger partial charge in [0.1, 0.15) is 11.8 Å². The van der Waals surface area contributed by atoms with Gasteiger partial charge in [0.15, 0.2) is 11.5 Å². The fourth-order valence-corrected chi connectivity index (χ4v) is 2.61. The fraction of sp³-hybridized carbons (Fsp3) is 0.150. The van der Waals surface area contributed by atoms with Gasteiger partial charge in [-0.15, -0.1) is 0 Å². The van der Waals surface area contributed by atoms with Gasteiger partial charge in [0.05, 0.1) is 20.5 Å². The average molecular weight is 337 g/mol. The molecule has 0 aliphatic heterocycles. The zero-order valence-corrected chi connectivity index (χ0v) is 14.1. The van der Waals surface area contributed by atoms with Crippen LogP contribution in [0.3, 0.4) is 0 Å². The van der Waals surface area contributed by atoms with Crippen LogP contribution in [-0.4, -0.2) is 20.1 Å². The van der Waals surface area contributed by atoms with Crippen molar-refractivity contribution in [2.24, 2.45) is 0 Å². The molecule has 0 aliphatic carbocycles. The van der Waals surface area contributed by atoms with E-state index in [0.29, 0.717) is 22.8 Å². The molecule has 0 saturated heterocycles. The van der Waals surface area contributed by atoms with Crippen LogP contribution in [0.25, 0.3) is 0 Å². The van der Waals surface area contributed by atoms with Gasteiger partial charge in [0.2, 0.25) is 0 Å². The van der Waals surface area contributed by atoms with Gasteiger partial charge in [-0.2, -0.15) is 0 Å². The van der Waals surface area contributed by atoms with E-state index in [0.717, 1.165) is 5.56 Å². The van der Waals surface area contributed by atoms with Gasteiger partial charge < -0.3 is 19.2 Å². The van der Waals surface area contributed by atoms with Gasteiger partial charge in [-0.1, -0.05) is 24.3 Å². The Labute approximate surface area is 146 Å². The summed E-state index contributed by atoms with van der Waals surface area (Å²) in [5.41, 5.74) is 1.41. The molecule has 5 heteroatoms.